The van der Waals surface area contributed by atoms with E-state index in [9.17, 15) is 0 Å². The summed E-state index contributed by atoms with van der Waals surface area (Å²) in [6.45, 7) is 4.24. The Morgan fingerprint density at radius 1 is 1.09 bits per heavy atom. The zero-order chi connectivity index (χ0) is 22.1. The average Bonchev–Trinajstić information content (AvgIpc) is 2.79. The normalized spacial score (nSPS) is 25.8. The molecule has 1 aromatic carbocycles. The number of allylic oxidation sites excluding steroid dienone is 2. The Hall–Kier alpha value is -2.99. The molecule has 1 saturated carbocycles. The van der Waals surface area contributed by atoms with Crippen LogP contribution in [-0.4, -0.2) is 45.6 Å². The van der Waals surface area contributed by atoms with Crippen molar-refractivity contribution in [3.05, 3.63) is 71.7 Å². The molecule has 7 heteroatoms. The van der Waals surface area contributed by atoms with E-state index < -0.39 is 0 Å². The minimum atomic E-state index is 0.0261. The Labute approximate surface area is 193 Å². The molecule has 2 aliphatic carbocycles. The first-order chi connectivity index (χ1) is 15.6. The van der Waals surface area contributed by atoms with Crippen LogP contribution in [0.3, 0.4) is 0 Å². The van der Waals surface area contributed by atoms with Gasteiger partial charge >= 0.3 is 0 Å². The summed E-state index contributed by atoms with van der Waals surface area (Å²) in [7, 11) is 0. The third kappa shape index (κ3) is 4.19. The second-order valence-electron chi connectivity index (χ2n) is 8.67. The van der Waals surface area contributed by atoms with E-state index in [1.54, 1.807) is 12.4 Å². The van der Waals surface area contributed by atoms with Crippen LogP contribution >= 0.6 is 11.6 Å². The van der Waals surface area contributed by atoms with Crippen molar-refractivity contribution in [2.24, 2.45) is 9.98 Å². The summed E-state index contributed by atoms with van der Waals surface area (Å²) in [5.41, 5.74) is 4.61. The predicted octanol–water partition coefficient (Wildman–Crippen LogP) is 5.10. The molecule has 0 spiro atoms. The number of aromatic nitrogens is 2. The van der Waals surface area contributed by atoms with Crippen LogP contribution in [0.15, 0.2) is 76.6 Å². The van der Waals surface area contributed by atoms with E-state index in [1.165, 1.54) is 11.4 Å². The number of nitrogens with one attached hydrogen (secondary N) is 1. The molecule has 1 fully saturated rings. The Morgan fingerprint density at radius 3 is 2.62 bits per heavy atom. The average molecular weight is 447 g/mol. The number of hydrogen-bond acceptors (Lipinski definition) is 6. The Morgan fingerprint density at radius 2 is 1.88 bits per heavy atom. The van der Waals surface area contributed by atoms with Crippen molar-refractivity contribution in [1.29, 1.82) is 0 Å². The van der Waals surface area contributed by atoms with E-state index >= 15 is 0 Å². The van der Waals surface area contributed by atoms with Crippen LogP contribution in [-0.2, 0) is 0 Å². The maximum absolute atomic E-state index is 6.20. The summed E-state index contributed by atoms with van der Waals surface area (Å²) in [6.07, 6.45) is 12.5. The molecule has 1 aliphatic heterocycles. The van der Waals surface area contributed by atoms with Crippen molar-refractivity contribution in [2.45, 2.75) is 57.3 Å². The molecule has 3 atom stereocenters. The van der Waals surface area contributed by atoms with Crippen LogP contribution in [0, 0.1) is 0 Å². The highest BCUT2D eigenvalue weighted by Gasteiger charge is 2.42. The van der Waals surface area contributed by atoms with Crippen LogP contribution < -0.4 is 10.2 Å². The quantitative estimate of drug-likeness (QED) is 0.709. The topological polar surface area (TPSA) is 65.8 Å². The van der Waals surface area contributed by atoms with Crippen molar-refractivity contribution in [2.75, 3.05) is 10.2 Å². The molecule has 164 valence electrons. The van der Waals surface area contributed by atoms with Gasteiger partial charge in [-0.2, -0.15) is 0 Å². The van der Waals surface area contributed by atoms with Gasteiger partial charge in [-0.15, -0.1) is 0 Å². The largest absolute Gasteiger partial charge is 0.354 e. The fraction of sp³-hybridized carbons (Fsp3) is 0.360. The lowest BCUT2D eigenvalue weighted by molar-refractivity contribution is 0.573. The van der Waals surface area contributed by atoms with E-state index in [4.69, 9.17) is 21.6 Å². The molecule has 2 aromatic rings. The van der Waals surface area contributed by atoms with Crippen molar-refractivity contribution < 1.29 is 0 Å². The molecular weight excluding hydrogens is 420 g/mol. The Bertz CT molecular complexity index is 1090. The third-order valence-corrected chi connectivity index (χ3v) is 6.32. The SMILES string of the molecule is CC(C)/N=C1\CC2C(=NC3=CC=CCC3N2c2ccc(Cl)cc2)CC1Nc1ncccn1. The van der Waals surface area contributed by atoms with Gasteiger partial charge in [0.15, 0.2) is 0 Å². The highest BCUT2D eigenvalue weighted by Crippen LogP contribution is 2.37. The molecule has 2 heterocycles. The van der Waals surface area contributed by atoms with Gasteiger partial charge in [0.1, 0.15) is 0 Å². The first-order valence-electron chi connectivity index (χ1n) is 11.2. The minimum absolute atomic E-state index is 0.0261. The molecule has 32 heavy (non-hydrogen) atoms. The van der Waals surface area contributed by atoms with E-state index in [2.05, 4.69) is 64.4 Å². The molecule has 5 rings (SSSR count). The second-order valence-corrected chi connectivity index (χ2v) is 9.10. The van der Waals surface area contributed by atoms with Crippen LogP contribution in [0.1, 0.15) is 33.1 Å². The number of rotatable bonds is 4. The van der Waals surface area contributed by atoms with E-state index in [0.717, 1.165) is 35.7 Å². The van der Waals surface area contributed by atoms with Gasteiger partial charge in [0, 0.05) is 53.4 Å². The van der Waals surface area contributed by atoms with Gasteiger partial charge in [-0.3, -0.25) is 9.98 Å². The van der Waals surface area contributed by atoms with Gasteiger partial charge in [-0.1, -0.05) is 23.8 Å². The summed E-state index contributed by atoms with van der Waals surface area (Å²) in [4.78, 5) is 21.4. The zero-order valence-corrected chi connectivity index (χ0v) is 19.1. The van der Waals surface area contributed by atoms with Crippen LogP contribution in [0.4, 0.5) is 11.6 Å². The first-order valence-corrected chi connectivity index (χ1v) is 11.5. The molecule has 0 amide bonds. The molecule has 1 N–H and O–H groups in total. The predicted molar refractivity (Wildman–Crippen MR) is 132 cm³/mol. The van der Waals surface area contributed by atoms with Crippen LogP contribution in [0.2, 0.25) is 5.02 Å². The monoisotopic (exact) mass is 446 g/mol. The van der Waals surface area contributed by atoms with Gasteiger partial charge in [-0.25, -0.2) is 9.97 Å². The summed E-state index contributed by atoms with van der Waals surface area (Å²) in [6, 6.07) is 10.6. The number of nitrogens with zero attached hydrogens (tertiary/aromatic N) is 5. The van der Waals surface area contributed by atoms with Crippen molar-refractivity contribution in [3.63, 3.8) is 0 Å². The maximum Gasteiger partial charge on any atom is 0.223 e. The number of fused-ring (bicyclic) bond motifs is 2. The number of hydrogen-bond donors (Lipinski definition) is 1. The summed E-state index contributed by atoms with van der Waals surface area (Å²) in [5.74, 6) is 0.621. The second kappa shape index (κ2) is 8.87. The summed E-state index contributed by atoms with van der Waals surface area (Å²) < 4.78 is 0. The first kappa shape index (κ1) is 20.9. The molecule has 0 radical (unpaired) electrons. The number of anilines is 2. The van der Waals surface area contributed by atoms with Gasteiger partial charge < -0.3 is 10.2 Å². The fourth-order valence-electron chi connectivity index (χ4n) is 4.77. The molecule has 1 aromatic heterocycles. The van der Waals surface area contributed by atoms with Crippen LogP contribution in [0.25, 0.3) is 0 Å². The van der Waals surface area contributed by atoms with E-state index in [1.807, 2.05) is 18.2 Å². The van der Waals surface area contributed by atoms with Crippen LogP contribution in [0.5, 0.6) is 0 Å². The lowest BCUT2D eigenvalue weighted by Gasteiger charge is -2.48. The van der Waals surface area contributed by atoms with Crippen molar-refractivity contribution >= 4 is 34.7 Å². The van der Waals surface area contributed by atoms with E-state index in [-0.39, 0.29) is 24.2 Å². The highest BCUT2D eigenvalue weighted by atomic mass is 35.5. The molecular formula is C25H27ClN6. The lowest BCUT2D eigenvalue weighted by atomic mass is 9.82. The Kier molecular flexibility index (Phi) is 5.79. The summed E-state index contributed by atoms with van der Waals surface area (Å²) in [5, 5.41) is 4.25. The maximum atomic E-state index is 6.20. The smallest absolute Gasteiger partial charge is 0.223 e. The number of benzene rings is 1. The van der Waals surface area contributed by atoms with Gasteiger partial charge in [0.2, 0.25) is 5.95 Å². The molecule has 3 aliphatic rings. The third-order valence-electron chi connectivity index (χ3n) is 6.07. The highest BCUT2D eigenvalue weighted by molar-refractivity contribution is 6.30. The fourth-order valence-corrected chi connectivity index (χ4v) is 4.89. The van der Waals surface area contributed by atoms with Gasteiger partial charge in [0.25, 0.3) is 0 Å². The molecule has 6 nitrogen and oxygen atoms in total. The van der Waals surface area contributed by atoms with E-state index in [0.29, 0.717) is 5.95 Å². The standard InChI is InChI=1S/C25H27ClN6/c1-16(2)29-21-15-24-22(14-20(21)31-25-27-12-5-13-28-25)30-19-6-3-4-7-23(19)32(24)18-10-8-17(26)9-11-18/h3-6,8-13,16,20,23-24H,7,14-15H2,1-2H3,(H,27,28,31)/b29-21+. The molecule has 0 bridgehead atoms. The Balaban J connectivity index is 1.54. The van der Waals surface area contributed by atoms with Crippen molar-refractivity contribution in [1.82, 2.24) is 9.97 Å². The minimum Gasteiger partial charge on any atom is -0.354 e. The number of halogens is 1. The van der Waals surface area contributed by atoms with Gasteiger partial charge in [-0.05, 0) is 56.7 Å². The number of aliphatic imine (C=N–C) groups is 2. The summed E-state index contributed by atoms with van der Waals surface area (Å²) >= 11 is 6.20. The molecule has 0 saturated heterocycles. The molecule has 3 unspecified atom stereocenters. The lowest BCUT2D eigenvalue weighted by Crippen LogP contribution is -2.57. The zero-order valence-electron chi connectivity index (χ0n) is 18.3. The van der Waals surface area contributed by atoms with Gasteiger partial charge in [0.05, 0.1) is 23.8 Å². The van der Waals surface area contributed by atoms with Crippen molar-refractivity contribution in [3.8, 4) is 0 Å².